The summed E-state index contributed by atoms with van der Waals surface area (Å²) >= 11 is 0. The number of carboxylic acid groups (broad SMARTS) is 1. The van der Waals surface area contributed by atoms with E-state index in [0.29, 0.717) is 32.2 Å². The third-order valence-electron chi connectivity index (χ3n) is 6.24. The molecule has 36 heavy (non-hydrogen) atoms. The fraction of sp³-hybridized carbons (Fsp3) is 0.520. The third-order valence-corrected chi connectivity index (χ3v) is 6.24. The predicted molar refractivity (Wildman–Crippen MR) is 137 cm³/mol. The summed E-state index contributed by atoms with van der Waals surface area (Å²) in [5.74, 6) is -3.05. The van der Waals surface area contributed by atoms with Gasteiger partial charge in [-0.3, -0.25) is 19.2 Å². The van der Waals surface area contributed by atoms with Crippen molar-refractivity contribution in [3.8, 4) is 0 Å². The molecule has 2 aromatic rings. The highest BCUT2D eigenvalue weighted by Crippen LogP contribution is 2.19. The van der Waals surface area contributed by atoms with Crippen molar-refractivity contribution < 1.29 is 24.3 Å². The molecule has 1 heterocycles. The molecule has 0 fully saturated rings. The zero-order valence-electron chi connectivity index (χ0n) is 20.9. The van der Waals surface area contributed by atoms with Gasteiger partial charge in [0.2, 0.25) is 17.7 Å². The van der Waals surface area contributed by atoms with Crippen LogP contribution >= 0.6 is 0 Å². The summed E-state index contributed by atoms with van der Waals surface area (Å²) < 4.78 is 0. The number of carboxylic acids is 1. The first-order valence-electron chi connectivity index (χ1n) is 12.3. The molecular weight excluding hydrogens is 464 g/mol. The minimum Gasteiger partial charge on any atom is -0.480 e. The second-order valence-electron chi connectivity index (χ2n) is 9.00. The number of aliphatic carboxylic acids is 1. The number of H-pyrrole nitrogens is 1. The van der Waals surface area contributed by atoms with Crippen molar-refractivity contribution in [2.24, 2.45) is 17.4 Å². The van der Waals surface area contributed by atoms with Crippen LogP contribution in [0.25, 0.3) is 10.9 Å². The molecule has 11 nitrogen and oxygen atoms in total. The van der Waals surface area contributed by atoms with Gasteiger partial charge in [-0.1, -0.05) is 38.5 Å². The Bertz CT molecular complexity index is 1040. The average molecular weight is 503 g/mol. The van der Waals surface area contributed by atoms with Gasteiger partial charge < -0.3 is 37.5 Å². The van der Waals surface area contributed by atoms with Gasteiger partial charge in [0, 0.05) is 17.1 Å². The van der Waals surface area contributed by atoms with Crippen LogP contribution in [-0.4, -0.2) is 65.0 Å². The Hall–Kier alpha value is -3.44. The smallest absolute Gasteiger partial charge is 0.322 e. The first-order valence-corrected chi connectivity index (χ1v) is 12.3. The topological polar surface area (TPSA) is 192 Å². The van der Waals surface area contributed by atoms with E-state index in [1.165, 1.54) is 0 Å². The molecule has 198 valence electrons. The van der Waals surface area contributed by atoms with Gasteiger partial charge in [0.25, 0.3) is 0 Å². The van der Waals surface area contributed by atoms with E-state index in [0.717, 1.165) is 16.5 Å². The van der Waals surface area contributed by atoms with Gasteiger partial charge in [0.1, 0.15) is 18.6 Å². The number of amides is 3. The standard InChI is InChI=1S/C25H38N6O5/c1-3-15(2)22(25(36)29-14-21(32)33)31-24(35)20(10-6-7-11-26)30-23(34)18(27)12-16-13-28-19-9-5-4-8-17(16)19/h4-5,8-9,13,15,18,20,22,28H,3,6-7,10-12,14,26-27H2,1-2H3,(H,29,36)(H,30,34)(H,31,35)(H,32,33). The van der Waals surface area contributed by atoms with Crippen molar-refractivity contribution in [2.45, 2.75) is 64.1 Å². The van der Waals surface area contributed by atoms with Gasteiger partial charge in [0.05, 0.1) is 6.04 Å². The highest BCUT2D eigenvalue weighted by Gasteiger charge is 2.30. The summed E-state index contributed by atoms with van der Waals surface area (Å²) in [6, 6.07) is 4.94. The van der Waals surface area contributed by atoms with Crippen LogP contribution in [0.2, 0.25) is 0 Å². The van der Waals surface area contributed by atoms with E-state index in [2.05, 4.69) is 20.9 Å². The van der Waals surface area contributed by atoms with Gasteiger partial charge in [-0.2, -0.15) is 0 Å². The summed E-state index contributed by atoms with van der Waals surface area (Å²) in [5, 5.41) is 17.6. The molecule has 0 aliphatic rings. The minimum absolute atomic E-state index is 0.257. The molecule has 0 radical (unpaired) electrons. The van der Waals surface area contributed by atoms with Gasteiger partial charge >= 0.3 is 5.97 Å². The van der Waals surface area contributed by atoms with Crippen molar-refractivity contribution in [3.63, 3.8) is 0 Å². The zero-order valence-corrected chi connectivity index (χ0v) is 20.9. The number of benzene rings is 1. The monoisotopic (exact) mass is 502 g/mol. The molecule has 3 amide bonds. The summed E-state index contributed by atoms with van der Waals surface area (Å²) in [5.41, 5.74) is 13.6. The van der Waals surface area contributed by atoms with Gasteiger partial charge in [-0.15, -0.1) is 0 Å². The molecule has 0 bridgehead atoms. The van der Waals surface area contributed by atoms with E-state index in [4.69, 9.17) is 16.6 Å². The van der Waals surface area contributed by atoms with Crippen molar-refractivity contribution in [1.82, 2.24) is 20.9 Å². The second kappa shape index (κ2) is 14.2. The molecule has 9 N–H and O–H groups in total. The summed E-state index contributed by atoms with van der Waals surface area (Å²) in [7, 11) is 0. The van der Waals surface area contributed by atoms with E-state index in [-0.39, 0.29) is 12.3 Å². The average Bonchev–Trinajstić information content (AvgIpc) is 3.27. The number of aromatic amines is 1. The lowest BCUT2D eigenvalue weighted by atomic mass is 9.97. The molecule has 0 saturated carbocycles. The summed E-state index contributed by atoms with van der Waals surface area (Å²) in [4.78, 5) is 52.7. The molecule has 0 aliphatic carbocycles. The lowest BCUT2D eigenvalue weighted by Crippen LogP contribution is -2.57. The Kier molecular flexibility index (Phi) is 11.4. The quantitative estimate of drug-likeness (QED) is 0.171. The van der Waals surface area contributed by atoms with Crippen LogP contribution < -0.4 is 27.4 Å². The number of fused-ring (bicyclic) bond motifs is 1. The van der Waals surface area contributed by atoms with E-state index in [1.54, 1.807) is 6.92 Å². The number of rotatable bonds is 15. The number of aromatic nitrogens is 1. The summed E-state index contributed by atoms with van der Waals surface area (Å²) in [6.45, 7) is 3.53. The van der Waals surface area contributed by atoms with E-state index < -0.39 is 48.4 Å². The molecular formula is C25H38N6O5. The van der Waals surface area contributed by atoms with E-state index in [1.807, 2.05) is 37.4 Å². The number of para-hydroxylation sites is 1. The number of nitrogens with two attached hydrogens (primary N) is 2. The Morgan fingerprint density at radius 2 is 1.78 bits per heavy atom. The molecule has 0 saturated heterocycles. The van der Waals surface area contributed by atoms with Crippen LogP contribution in [0, 0.1) is 5.92 Å². The second-order valence-corrected chi connectivity index (χ2v) is 9.00. The van der Waals surface area contributed by atoms with Crippen molar-refractivity contribution in [1.29, 1.82) is 0 Å². The van der Waals surface area contributed by atoms with Gasteiger partial charge in [-0.05, 0) is 49.8 Å². The molecule has 0 aliphatic heterocycles. The molecule has 4 atom stereocenters. The third kappa shape index (κ3) is 8.35. The Balaban J connectivity index is 2.10. The molecule has 0 spiro atoms. The summed E-state index contributed by atoms with van der Waals surface area (Å²) in [6.07, 6.45) is 4.24. The fourth-order valence-corrected chi connectivity index (χ4v) is 3.90. The zero-order chi connectivity index (χ0) is 26.7. The van der Waals surface area contributed by atoms with E-state index >= 15 is 0 Å². The lowest BCUT2D eigenvalue weighted by Gasteiger charge is -2.27. The number of nitrogens with one attached hydrogen (secondary N) is 4. The number of hydrogen-bond donors (Lipinski definition) is 7. The van der Waals surface area contributed by atoms with E-state index in [9.17, 15) is 19.2 Å². The van der Waals surface area contributed by atoms with Crippen LogP contribution in [0.15, 0.2) is 30.5 Å². The number of carbonyl (C=O) groups is 4. The molecule has 1 aromatic heterocycles. The SMILES string of the molecule is CCC(C)C(NC(=O)C(CCCCN)NC(=O)C(N)Cc1c[nH]c2ccccc12)C(=O)NCC(=O)O. The highest BCUT2D eigenvalue weighted by molar-refractivity contribution is 5.94. The van der Waals surface area contributed by atoms with Crippen molar-refractivity contribution in [3.05, 3.63) is 36.0 Å². The molecule has 4 unspecified atom stereocenters. The van der Waals surface area contributed by atoms with Crippen LogP contribution in [0.4, 0.5) is 0 Å². The molecule has 1 aromatic carbocycles. The Labute approximate surface area is 210 Å². The maximum Gasteiger partial charge on any atom is 0.322 e. The number of carbonyl (C=O) groups excluding carboxylic acids is 3. The van der Waals surface area contributed by atoms with Gasteiger partial charge in [0.15, 0.2) is 0 Å². The fourth-order valence-electron chi connectivity index (χ4n) is 3.90. The molecule has 11 heteroatoms. The van der Waals surface area contributed by atoms with Crippen molar-refractivity contribution in [2.75, 3.05) is 13.1 Å². The van der Waals surface area contributed by atoms with Crippen molar-refractivity contribution >= 4 is 34.6 Å². The van der Waals surface area contributed by atoms with Crippen LogP contribution in [0.3, 0.4) is 0 Å². The first-order chi connectivity index (χ1) is 17.2. The maximum absolute atomic E-state index is 13.2. The highest BCUT2D eigenvalue weighted by atomic mass is 16.4. The normalized spacial score (nSPS) is 14.4. The number of hydrogen-bond acceptors (Lipinski definition) is 6. The Morgan fingerprint density at radius 3 is 2.44 bits per heavy atom. The van der Waals surface area contributed by atoms with Crippen LogP contribution in [0.5, 0.6) is 0 Å². The lowest BCUT2D eigenvalue weighted by molar-refractivity contribution is -0.139. The van der Waals surface area contributed by atoms with Crippen LogP contribution in [-0.2, 0) is 25.6 Å². The first kappa shape index (κ1) is 28.8. The largest absolute Gasteiger partial charge is 0.480 e. The van der Waals surface area contributed by atoms with Gasteiger partial charge in [-0.25, -0.2) is 0 Å². The molecule has 2 rings (SSSR count). The Morgan fingerprint density at radius 1 is 1.06 bits per heavy atom. The van der Waals surface area contributed by atoms with Crippen LogP contribution in [0.1, 0.15) is 45.1 Å². The number of unbranched alkanes of at least 4 members (excludes halogenated alkanes) is 1. The maximum atomic E-state index is 13.2. The predicted octanol–water partition coefficient (Wildman–Crippen LogP) is 0.383. The minimum atomic E-state index is -1.19.